The molecule has 0 fully saturated rings. The fraction of sp³-hybridized carbons (Fsp3) is 0.190. The van der Waals surface area contributed by atoms with Crippen molar-refractivity contribution in [3.63, 3.8) is 0 Å². The molecule has 0 amide bonds. The monoisotopic (exact) mass is 360 g/mol. The van der Waals surface area contributed by atoms with Gasteiger partial charge in [0.1, 0.15) is 11.6 Å². The van der Waals surface area contributed by atoms with E-state index in [1.807, 2.05) is 60.3 Å². The van der Waals surface area contributed by atoms with Crippen molar-refractivity contribution in [1.29, 1.82) is 0 Å². The minimum Gasteiger partial charge on any atom is -0.497 e. The Morgan fingerprint density at radius 2 is 2.00 bits per heavy atom. The van der Waals surface area contributed by atoms with Crippen LogP contribution in [-0.4, -0.2) is 26.6 Å². The molecule has 6 nitrogen and oxygen atoms in total. The lowest BCUT2D eigenvalue weighted by Gasteiger charge is -2.17. The number of H-pyrrole nitrogens is 1. The number of imidazole rings is 1. The van der Waals surface area contributed by atoms with Gasteiger partial charge in [0, 0.05) is 35.2 Å². The Morgan fingerprint density at radius 3 is 2.74 bits per heavy atom. The molecule has 3 heterocycles. The third-order valence-electron chi connectivity index (χ3n) is 4.79. The molecule has 4 aromatic rings. The van der Waals surface area contributed by atoms with Crippen LogP contribution in [0.25, 0.3) is 22.3 Å². The van der Waals surface area contributed by atoms with Crippen LogP contribution in [-0.2, 0) is 0 Å². The summed E-state index contributed by atoms with van der Waals surface area (Å²) in [7, 11) is 1.62. The summed E-state index contributed by atoms with van der Waals surface area (Å²) in [4.78, 5) is 24.5. The molecule has 0 spiro atoms. The number of fused-ring (bicyclic) bond motifs is 1. The van der Waals surface area contributed by atoms with Crippen LogP contribution in [0.1, 0.15) is 24.2 Å². The number of hydrogen-bond acceptors (Lipinski definition) is 4. The van der Waals surface area contributed by atoms with Crippen LogP contribution in [0.5, 0.6) is 5.75 Å². The van der Waals surface area contributed by atoms with Crippen molar-refractivity contribution in [2.24, 2.45) is 0 Å². The summed E-state index contributed by atoms with van der Waals surface area (Å²) in [5.74, 6) is 1.36. The van der Waals surface area contributed by atoms with E-state index in [0.717, 1.165) is 27.9 Å². The topological polar surface area (TPSA) is 72.8 Å². The van der Waals surface area contributed by atoms with Gasteiger partial charge in [0.05, 0.1) is 18.7 Å². The predicted molar refractivity (Wildman–Crippen MR) is 105 cm³/mol. The van der Waals surface area contributed by atoms with Crippen LogP contribution in [0.3, 0.4) is 0 Å². The zero-order chi connectivity index (χ0) is 19.0. The molecule has 27 heavy (non-hydrogen) atoms. The van der Waals surface area contributed by atoms with E-state index in [0.29, 0.717) is 11.4 Å². The van der Waals surface area contributed by atoms with Gasteiger partial charge < -0.3 is 14.3 Å². The molecule has 1 atom stereocenters. The average Bonchev–Trinajstić information content (AvgIpc) is 3.16. The maximum Gasteiger partial charge on any atom is 0.259 e. The number of ether oxygens (including phenoxy) is 1. The van der Waals surface area contributed by atoms with Gasteiger partial charge in [0.25, 0.3) is 5.56 Å². The Kier molecular flexibility index (Phi) is 4.24. The second kappa shape index (κ2) is 6.72. The highest BCUT2D eigenvalue weighted by atomic mass is 16.5. The van der Waals surface area contributed by atoms with Gasteiger partial charge in [-0.3, -0.25) is 9.78 Å². The molecule has 0 bridgehead atoms. The Hall–Kier alpha value is -3.41. The van der Waals surface area contributed by atoms with Crippen molar-refractivity contribution in [2.45, 2.75) is 19.9 Å². The molecular weight excluding hydrogens is 340 g/mol. The zero-order valence-corrected chi connectivity index (χ0v) is 15.4. The number of aromatic nitrogens is 4. The van der Waals surface area contributed by atoms with E-state index in [-0.39, 0.29) is 11.6 Å². The van der Waals surface area contributed by atoms with Gasteiger partial charge in [-0.05, 0) is 49.7 Å². The van der Waals surface area contributed by atoms with Crippen LogP contribution < -0.4 is 10.3 Å². The average molecular weight is 360 g/mol. The van der Waals surface area contributed by atoms with Gasteiger partial charge in [-0.25, -0.2) is 4.98 Å². The van der Waals surface area contributed by atoms with Crippen molar-refractivity contribution >= 4 is 10.9 Å². The number of hydrogen-bond donors (Lipinski definition) is 1. The van der Waals surface area contributed by atoms with Crippen LogP contribution in [0, 0.1) is 6.92 Å². The summed E-state index contributed by atoms with van der Waals surface area (Å²) in [6.07, 6.45) is 5.46. The summed E-state index contributed by atoms with van der Waals surface area (Å²) in [5, 5.41) is 0.892. The van der Waals surface area contributed by atoms with Crippen molar-refractivity contribution < 1.29 is 4.74 Å². The second-order valence-corrected chi connectivity index (χ2v) is 6.53. The fourth-order valence-corrected chi connectivity index (χ4v) is 3.20. The first-order valence-electron chi connectivity index (χ1n) is 8.73. The maximum absolute atomic E-state index is 12.7. The normalized spacial score (nSPS) is 12.3. The number of nitrogens with zero attached hydrogens (tertiary/aromatic N) is 3. The van der Waals surface area contributed by atoms with E-state index in [1.54, 1.807) is 13.3 Å². The van der Waals surface area contributed by atoms with Crippen LogP contribution in [0.2, 0.25) is 0 Å². The van der Waals surface area contributed by atoms with Gasteiger partial charge in [-0.1, -0.05) is 6.07 Å². The molecule has 1 N–H and O–H groups in total. The molecule has 0 saturated heterocycles. The second-order valence-electron chi connectivity index (χ2n) is 6.53. The minimum absolute atomic E-state index is 0.00370. The summed E-state index contributed by atoms with van der Waals surface area (Å²) in [5.41, 5.74) is 3.14. The molecule has 1 unspecified atom stereocenters. The number of aryl methyl sites for hydroxylation is 1. The first-order valence-corrected chi connectivity index (χ1v) is 8.73. The highest BCUT2D eigenvalue weighted by Crippen LogP contribution is 2.26. The molecule has 0 aliphatic carbocycles. The lowest BCUT2D eigenvalue weighted by Crippen LogP contribution is -2.14. The first kappa shape index (κ1) is 17.0. The predicted octanol–water partition coefficient (Wildman–Crippen LogP) is 3.71. The van der Waals surface area contributed by atoms with E-state index >= 15 is 0 Å². The van der Waals surface area contributed by atoms with Gasteiger partial charge in [-0.2, -0.15) is 0 Å². The Balaban J connectivity index is 1.83. The Labute approximate surface area is 156 Å². The van der Waals surface area contributed by atoms with E-state index < -0.39 is 0 Å². The Bertz CT molecular complexity index is 1160. The highest BCUT2D eigenvalue weighted by Gasteiger charge is 2.17. The lowest BCUT2D eigenvalue weighted by molar-refractivity contribution is 0.415. The third kappa shape index (κ3) is 3.10. The molecule has 6 heteroatoms. The number of benzene rings is 1. The van der Waals surface area contributed by atoms with Crippen LogP contribution >= 0.6 is 0 Å². The van der Waals surface area contributed by atoms with E-state index in [9.17, 15) is 4.79 Å². The van der Waals surface area contributed by atoms with Gasteiger partial charge in [0.2, 0.25) is 0 Å². The number of nitrogens with one attached hydrogen (secondary N) is 1. The summed E-state index contributed by atoms with van der Waals surface area (Å²) >= 11 is 0. The molecule has 1 aromatic carbocycles. The number of methoxy groups -OCH3 is 1. The van der Waals surface area contributed by atoms with Crippen molar-refractivity contribution in [3.8, 4) is 17.1 Å². The van der Waals surface area contributed by atoms with E-state index in [4.69, 9.17) is 4.74 Å². The molecule has 136 valence electrons. The first-order chi connectivity index (χ1) is 13.1. The van der Waals surface area contributed by atoms with Gasteiger partial charge >= 0.3 is 0 Å². The van der Waals surface area contributed by atoms with Crippen molar-refractivity contribution in [1.82, 2.24) is 19.5 Å². The largest absolute Gasteiger partial charge is 0.497 e. The maximum atomic E-state index is 12.7. The fourth-order valence-electron chi connectivity index (χ4n) is 3.20. The smallest absolute Gasteiger partial charge is 0.259 e. The number of pyridine rings is 2. The van der Waals surface area contributed by atoms with Gasteiger partial charge in [0.15, 0.2) is 0 Å². The lowest BCUT2D eigenvalue weighted by atomic mass is 10.1. The summed E-state index contributed by atoms with van der Waals surface area (Å²) < 4.78 is 7.28. The molecule has 0 aliphatic heterocycles. The number of aromatic amines is 1. The molecule has 0 radical (unpaired) electrons. The van der Waals surface area contributed by atoms with Gasteiger partial charge in [-0.15, -0.1) is 0 Å². The van der Waals surface area contributed by atoms with Crippen LogP contribution in [0.4, 0.5) is 0 Å². The number of rotatable bonds is 4. The standard InChI is InChI=1S/C21H20N4O2/c1-13-4-5-15(12-23-13)14(2)25-9-8-22-20(25)18-11-16-10-17(27-3)6-7-19(16)24-21(18)26/h4-12,14H,1-3H3,(H,24,26). The van der Waals surface area contributed by atoms with Crippen LogP contribution in [0.15, 0.2) is 59.8 Å². The van der Waals surface area contributed by atoms with E-state index in [1.165, 1.54) is 0 Å². The third-order valence-corrected chi connectivity index (χ3v) is 4.79. The molecule has 4 rings (SSSR count). The molecular formula is C21H20N4O2. The SMILES string of the molecule is COc1ccc2[nH]c(=O)c(-c3nccn3C(C)c3ccc(C)nc3)cc2c1. The Morgan fingerprint density at radius 1 is 1.15 bits per heavy atom. The zero-order valence-electron chi connectivity index (χ0n) is 15.4. The highest BCUT2D eigenvalue weighted by molar-refractivity contribution is 5.83. The summed E-state index contributed by atoms with van der Waals surface area (Å²) in [6.45, 7) is 4.02. The summed E-state index contributed by atoms with van der Waals surface area (Å²) in [6, 6.07) is 11.4. The van der Waals surface area contributed by atoms with Crippen molar-refractivity contribution in [2.75, 3.05) is 7.11 Å². The van der Waals surface area contributed by atoms with E-state index in [2.05, 4.69) is 21.9 Å². The molecule has 0 saturated carbocycles. The molecule has 0 aliphatic rings. The molecule has 3 aromatic heterocycles. The quantitative estimate of drug-likeness (QED) is 0.602. The minimum atomic E-state index is -0.172. The van der Waals surface area contributed by atoms with Crippen molar-refractivity contribution in [3.05, 3.63) is 76.6 Å².